The molecule has 6 heteroatoms. The van der Waals surface area contributed by atoms with Crippen LogP contribution in [0.25, 0.3) is 118 Å². The quantitative estimate of drug-likeness (QED) is 0.166. The van der Waals surface area contributed by atoms with E-state index in [0.29, 0.717) is 0 Å². The second-order valence-corrected chi connectivity index (χ2v) is 19.9. The Morgan fingerprint density at radius 2 is 0.653 bits per heavy atom. The van der Waals surface area contributed by atoms with E-state index < -0.39 is 0 Å². The average Bonchev–Trinajstić information content (AvgIpc) is 4.19. The van der Waals surface area contributed by atoms with Gasteiger partial charge in [0.05, 0.1) is 0 Å². The molecule has 0 unspecified atom stereocenters. The van der Waals surface area contributed by atoms with Crippen molar-refractivity contribution < 1.29 is 13.3 Å². The van der Waals surface area contributed by atoms with E-state index >= 15 is 0 Å². The van der Waals surface area contributed by atoms with Crippen LogP contribution in [0, 0.1) is 0 Å². The molecule has 336 valence electrons. The van der Waals surface area contributed by atoms with Crippen LogP contribution < -0.4 is 9.80 Å². The third-order valence-electron chi connectivity index (χ3n) is 14.7. The number of furan rings is 3. The molecule has 0 spiro atoms. The largest absolute Gasteiger partial charge is 0.456 e. The van der Waals surface area contributed by atoms with Gasteiger partial charge in [0.25, 0.3) is 0 Å². The summed E-state index contributed by atoms with van der Waals surface area (Å²) in [4.78, 5) is 4.66. The van der Waals surface area contributed by atoms with Crippen LogP contribution >= 0.6 is 11.3 Å². The van der Waals surface area contributed by atoms with Gasteiger partial charge in [0, 0.05) is 92.7 Å². The van der Waals surface area contributed by atoms with Crippen molar-refractivity contribution in [2.75, 3.05) is 9.80 Å². The summed E-state index contributed by atoms with van der Waals surface area (Å²) in [5, 5.41) is 16.2. The first-order valence-electron chi connectivity index (χ1n) is 24.3. The molecular weight excluding hydrogens is 901 g/mol. The molecule has 0 atom stereocenters. The lowest BCUT2D eigenvalue weighted by molar-refractivity contribution is 0.668. The second kappa shape index (κ2) is 15.1. The average molecular weight is 939 g/mol. The van der Waals surface area contributed by atoms with Gasteiger partial charge < -0.3 is 23.1 Å². The monoisotopic (exact) mass is 938 g/mol. The fourth-order valence-corrected chi connectivity index (χ4v) is 12.6. The highest BCUT2D eigenvalue weighted by atomic mass is 32.1. The molecular formula is C66H38N2O3S. The number of hydrogen-bond acceptors (Lipinski definition) is 6. The van der Waals surface area contributed by atoms with Crippen molar-refractivity contribution in [3.05, 3.63) is 231 Å². The molecule has 0 saturated carbocycles. The van der Waals surface area contributed by atoms with Crippen LogP contribution in [0.3, 0.4) is 0 Å². The van der Waals surface area contributed by atoms with E-state index in [-0.39, 0.29) is 0 Å². The molecule has 0 fully saturated rings. The first kappa shape index (κ1) is 39.5. The van der Waals surface area contributed by atoms with Crippen molar-refractivity contribution in [2.24, 2.45) is 0 Å². The molecule has 16 aromatic rings. The minimum atomic E-state index is 0.841. The normalized spacial score (nSPS) is 12.2. The number of hydrogen-bond donors (Lipinski definition) is 0. The summed E-state index contributed by atoms with van der Waals surface area (Å²) in [5.74, 6) is 0. The summed E-state index contributed by atoms with van der Waals surface area (Å²) in [5.41, 5.74) is 11.6. The number of benzene rings is 12. The van der Waals surface area contributed by atoms with Crippen molar-refractivity contribution in [1.29, 1.82) is 0 Å². The van der Waals surface area contributed by atoms with E-state index in [1.54, 1.807) is 0 Å². The van der Waals surface area contributed by atoms with Crippen LogP contribution in [-0.2, 0) is 0 Å². The van der Waals surface area contributed by atoms with Gasteiger partial charge in [-0.05, 0) is 160 Å². The highest BCUT2D eigenvalue weighted by Gasteiger charge is 2.22. The van der Waals surface area contributed by atoms with Gasteiger partial charge in [-0.2, -0.15) is 0 Å². The fourth-order valence-electron chi connectivity index (χ4n) is 11.4. The number of fused-ring (bicyclic) bond motifs is 17. The Kier molecular flexibility index (Phi) is 8.26. The maximum atomic E-state index is 6.80. The zero-order valence-electron chi connectivity index (χ0n) is 38.5. The molecule has 5 nitrogen and oxygen atoms in total. The summed E-state index contributed by atoms with van der Waals surface area (Å²) < 4.78 is 22.1. The Labute approximate surface area is 415 Å². The Bertz CT molecular complexity index is 4580. The smallest absolute Gasteiger partial charge is 0.137 e. The van der Waals surface area contributed by atoms with Crippen LogP contribution in [0.5, 0.6) is 0 Å². The molecule has 0 bridgehead atoms. The van der Waals surface area contributed by atoms with E-state index in [4.69, 9.17) is 13.3 Å². The molecule has 0 aliphatic heterocycles. The van der Waals surface area contributed by atoms with Gasteiger partial charge >= 0.3 is 0 Å². The minimum Gasteiger partial charge on any atom is -0.456 e. The lowest BCUT2D eigenvalue weighted by atomic mass is 9.99. The van der Waals surface area contributed by atoms with Gasteiger partial charge in [0.2, 0.25) is 0 Å². The minimum absolute atomic E-state index is 0.841. The fraction of sp³-hybridized carbons (Fsp3) is 0. The van der Waals surface area contributed by atoms with Gasteiger partial charge in [-0.15, -0.1) is 11.3 Å². The van der Waals surface area contributed by atoms with Crippen LogP contribution in [-0.4, -0.2) is 0 Å². The van der Waals surface area contributed by atoms with Crippen LogP contribution in [0.4, 0.5) is 34.1 Å². The lowest BCUT2D eigenvalue weighted by Crippen LogP contribution is -2.09. The number of thiophene rings is 1. The summed E-state index contributed by atoms with van der Waals surface area (Å²) in [6.45, 7) is 0. The molecule has 12 aromatic carbocycles. The van der Waals surface area contributed by atoms with E-state index in [1.165, 1.54) is 52.5 Å². The maximum absolute atomic E-state index is 6.80. The predicted octanol–water partition coefficient (Wildman–Crippen LogP) is 20.2. The molecule has 0 aliphatic carbocycles. The topological polar surface area (TPSA) is 45.9 Å². The third kappa shape index (κ3) is 5.93. The summed E-state index contributed by atoms with van der Waals surface area (Å²) in [6.07, 6.45) is 0. The van der Waals surface area contributed by atoms with Gasteiger partial charge in [-0.3, -0.25) is 0 Å². The summed E-state index contributed by atoms with van der Waals surface area (Å²) in [6, 6.07) is 82.5. The van der Waals surface area contributed by atoms with E-state index in [9.17, 15) is 0 Å². The molecule has 4 aromatic heterocycles. The van der Waals surface area contributed by atoms with Gasteiger partial charge in [0.1, 0.15) is 33.5 Å². The first-order chi connectivity index (χ1) is 35.6. The molecule has 16 rings (SSSR count). The van der Waals surface area contributed by atoms with E-state index in [0.717, 1.165) is 99.9 Å². The predicted molar refractivity (Wildman–Crippen MR) is 303 cm³/mol. The van der Waals surface area contributed by atoms with Crippen LogP contribution in [0.15, 0.2) is 244 Å². The molecule has 72 heavy (non-hydrogen) atoms. The van der Waals surface area contributed by atoms with Crippen molar-refractivity contribution >= 4 is 164 Å². The van der Waals surface area contributed by atoms with Gasteiger partial charge in [0.15, 0.2) is 0 Å². The number of nitrogens with zero attached hydrogens (tertiary/aromatic N) is 2. The number of para-hydroxylation sites is 2. The molecule has 0 saturated heterocycles. The lowest BCUT2D eigenvalue weighted by Gasteiger charge is -2.25. The maximum Gasteiger partial charge on any atom is 0.137 e. The van der Waals surface area contributed by atoms with Crippen molar-refractivity contribution in [1.82, 2.24) is 0 Å². The van der Waals surface area contributed by atoms with Crippen molar-refractivity contribution in [3.8, 4) is 0 Å². The number of anilines is 6. The zero-order chi connectivity index (χ0) is 47.0. The van der Waals surface area contributed by atoms with Crippen LogP contribution in [0.2, 0.25) is 0 Å². The Morgan fingerprint density at radius 1 is 0.236 bits per heavy atom. The van der Waals surface area contributed by atoms with Crippen molar-refractivity contribution in [3.63, 3.8) is 0 Å². The van der Waals surface area contributed by atoms with E-state index in [1.807, 2.05) is 11.3 Å². The third-order valence-corrected chi connectivity index (χ3v) is 15.9. The standard InChI is InChI=1S/C66H38N2O3S/c1-3-15-43(16-4-1)67(45-21-27-57-55(35-45)53-31-39-11-7-9-13-41(39)33-60(53)69-57)47-19-23-51-62(37-47)71-59-29-25-50-49(65(51)59)26-30-63-66(50)52-24-20-48(38-64(52)72-63)68(44-17-5-2-6-18-44)46-22-28-58-56(36-46)54-32-40-12-8-10-14-42(40)34-61(54)70-58/h1-38H. The van der Waals surface area contributed by atoms with Crippen LogP contribution in [0.1, 0.15) is 0 Å². The SMILES string of the molecule is c1ccc(N(c2ccc3c(c2)oc2ccc4c(ccc5sc6cc(N(c7ccccc7)c7ccc8oc9cc%10ccccc%10cc9c8c7)ccc6c54)c23)c2ccc3oc4cc5ccccc5cc4c3c2)cc1. The first-order valence-corrected chi connectivity index (χ1v) is 25.1. The highest BCUT2D eigenvalue weighted by Crippen LogP contribution is 2.47. The summed E-state index contributed by atoms with van der Waals surface area (Å²) >= 11 is 1.84. The Morgan fingerprint density at radius 3 is 1.25 bits per heavy atom. The Hall–Kier alpha value is -9.36. The molecule has 0 aliphatic rings. The summed E-state index contributed by atoms with van der Waals surface area (Å²) in [7, 11) is 0. The van der Waals surface area contributed by atoms with E-state index in [2.05, 4.69) is 240 Å². The highest BCUT2D eigenvalue weighted by molar-refractivity contribution is 7.26. The van der Waals surface area contributed by atoms with Crippen molar-refractivity contribution in [2.45, 2.75) is 0 Å². The molecule has 0 amide bonds. The zero-order valence-corrected chi connectivity index (χ0v) is 39.3. The Balaban J connectivity index is 0.812. The van der Waals surface area contributed by atoms with Gasteiger partial charge in [-0.25, -0.2) is 0 Å². The number of rotatable bonds is 6. The second-order valence-electron chi connectivity index (χ2n) is 18.8. The molecule has 0 N–H and O–H groups in total. The molecule has 0 radical (unpaired) electrons. The molecule has 4 heterocycles. The van der Waals surface area contributed by atoms with Gasteiger partial charge in [-0.1, -0.05) is 97.1 Å².